The normalized spacial score (nSPS) is 21.1. The van der Waals surface area contributed by atoms with Gasteiger partial charge in [0.15, 0.2) is 0 Å². The molecule has 1 saturated carbocycles. The van der Waals surface area contributed by atoms with Gasteiger partial charge in [0, 0.05) is 19.6 Å². The maximum Gasteiger partial charge on any atom is 0.146 e. The van der Waals surface area contributed by atoms with Crippen molar-refractivity contribution in [2.75, 3.05) is 26.3 Å². The van der Waals surface area contributed by atoms with E-state index in [9.17, 15) is 4.79 Å². The Balaban J connectivity index is 1.40. The third kappa shape index (κ3) is 5.96. The SMILES string of the molecule is O=C(CCCCC1CCOCC1)CNCC1CC1. The van der Waals surface area contributed by atoms with E-state index in [4.69, 9.17) is 4.74 Å². The molecule has 2 aliphatic rings. The fourth-order valence-electron chi connectivity index (χ4n) is 2.62. The number of rotatable bonds is 9. The summed E-state index contributed by atoms with van der Waals surface area (Å²) in [5, 5.41) is 3.27. The van der Waals surface area contributed by atoms with Crippen LogP contribution in [0.5, 0.6) is 0 Å². The molecule has 1 aliphatic heterocycles. The van der Waals surface area contributed by atoms with Crippen molar-refractivity contribution < 1.29 is 9.53 Å². The number of unbranched alkanes of at least 4 members (excludes halogenated alkanes) is 1. The smallest absolute Gasteiger partial charge is 0.146 e. The summed E-state index contributed by atoms with van der Waals surface area (Å²) >= 11 is 0. The quantitative estimate of drug-likeness (QED) is 0.642. The number of carbonyl (C=O) groups is 1. The lowest BCUT2D eigenvalue weighted by Gasteiger charge is -2.21. The summed E-state index contributed by atoms with van der Waals surface area (Å²) in [6, 6.07) is 0. The van der Waals surface area contributed by atoms with E-state index in [-0.39, 0.29) is 0 Å². The van der Waals surface area contributed by atoms with E-state index in [1.54, 1.807) is 0 Å². The van der Waals surface area contributed by atoms with E-state index in [0.717, 1.165) is 44.4 Å². The fourth-order valence-corrected chi connectivity index (χ4v) is 2.62. The zero-order chi connectivity index (χ0) is 12.6. The summed E-state index contributed by atoms with van der Waals surface area (Å²) in [6.45, 7) is 3.52. The first-order valence-electron chi connectivity index (χ1n) is 7.65. The second kappa shape index (κ2) is 7.90. The first-order valence-corrected chi connectivity index (χ1v) is 7.65. The molecule has 0 amide bonds. The number of hydrogen-bond acceptors (Lipinski definition) is 3. The fraction of sp³-hybridized carbons (Fsp3) is 0.933. The molecule has 2 rings (SSSR count). The zero-order valence-corrected chi connectivity index (χ0v) is 11.5. The van der Waals surface area contributed by atoms with Crippen molar-refractivity contribution in [3.63, 3.8) is 0 Å². The summed E-state index contributed by atoms with van der Waals surface area (Å²) in [7, 11) is 0. The number of carbonyl (C=O) groups excluding carboxylic acids is 1. The minimum atomic E-state index is 0.391. The summed E-state index contributed by atoms with van der Waals surface area (Å²) in [6.07, 6.45) is 9.47. The Hall–Kier alpha value is -0.410. The van der Waals surface area contributed by atoms with Gasteiger partial charge in [-0.05, 0) is 50.5 Å². The monoisotopic (exact) mass is 253 g/mol. The Kier molecular flexibility index (Phi) is 6.15. The van der Waals surface area contributed by atoms with Gasteiger partial charge >= 0.3 is 0 Å². The molecule has 0 bridgehead atoms. The highest BCUT2D eigenvalue weighted by Gasteiger charge is 2.20. The van der Waals surface area contributed by atoms with Gasteiger partial charge in [0.1, 0.15) is 5.78 Å². The van der Waals surface area contributed by atoms with Crippen LogP contribution in [0.1, 0.15) is 51.4 Å². The van der Waals surface area contributed by atoms with Gasteiger partial charge in [-0.15, -0.1) is 0 Å². The third-order valence-electron chi connectivity index (χ3n) is 4.11. The second-order valence-corrected chi connectivity index (χ2v) is 5.91. The molecule has 18 heavy (non-hydrogen) atoms. The number of hydrogen-bond donors (Lipinski definition) is 1. The van der Waals surface area contributed by atoms with Crippen molar-refractivity contribution in [3.8, 4) is 0 Å². The molecule has 1 heterocycles. The lowest BCUT2D eigenvalue weighted by atomic mass is 9.93. The summed E-state index contributed by atoms with van der Waals surface area (Å²) in [5.41, 5.74) is 0. The van der Waals surface area contributed by atoms with Gasteiger partial charge in [-0.2, -0.15) is 0 Å². The largest absolute Gasteiger partial charge is 0.381 e. The topological polar surface area (TPSA) is 38.3 Å². The van der Waals surface area contributed by atoms with Gasteiger partial charge in [0.25, 0.3) is 0 Å². The molecule has 104 valence electrons. The standard InChI is InChI=1S/C15H27NO2/c17-15(12-16-11-14-5-6-14)4-2-1-3-13-7-9-18-10-8-13/h13-14,16H,1-12H2. The molecule has 0 aromatic heterocycles. The van der Waals surface area contributed by atoms with Crippen molar-refractivity contribution in [1.82, 2.24) is 5.32 Å². The van der Waals surface area contributed by atoms with Crippen molar-refractivity contribution in [1.29, 1.82) is 0 Å². The Morgan fingerprint density at radius 2 is 1.83 bits per heavy atom. The number of ether oxygens (including phenoxy) is 1. The molecular weight excluding hydrogens is 226 g/mol. The molecule has 0 spiro atoms. The molecule has 1 aliphatic carbocycles. The highest BCUT2D eigenvalue weighted by atomic mass is 16.5. The molecule has 3 nitrogen and oxygen atoms in total. The van der Waals surface area contributed by atoms with E-state index < -0.39 is 0 Å². The van der Waals surface area contributed by atoms with Crippen LogP contribution in [0.3, 0.4) is 0 Å². The molecule has 2 fully saturated rings. The highest BCUT2D eigenvalue weighted by molar-refractivity contribution is 5.80. The molecule has 0 unspecified atom stereocenters. The Morgan fingerprint density at radius 1 is 1.06 bits per heavy atom. The van der Waals surface area contributed by atoms with Crippen molar-refractivity contribution in [2.24, 2.45) is 11.8 Å². The molecule has 1 N–H and O–H groups in total. The third-order valence-corrected chi connectivity index (χ3v) is 4.11. The van der Waals surface area contributed by atoms with Crippen LogP contribution >= 0.6 is 0 Å². The van der Waals surface area contributed by atoms with Crippen LogP contribution in [0.2, 0.25) is 0 Å². The molecule has 0 radical (unpaired) electrons. The van der Waals surface area contributed by atoms with Gasteiger partial charge in [-0.3, -0.25) is 4.79 Å². The minimum Gasteiger partial charge on any atom is -0.381 e. The zero-order valence-electron chi connectivity index (χ0n) is 11.5. The van der Waals surface area contributed by atoms with E-state index >= 15 is 0 Å². The lowest BCUT2D eigenvalue weighted by Crippen LogP contribution is -2.24. The Morgan fingerprint density at radius 3 is 2.56 bits per heavy atom. The van der Waals surface area contributed by atoms with Gasteiger partial charge < -0.3 is 10.1 Å². The van der Waals surface area contributed by atoms with Crippen LogP contribution in [-0.2, 0) is 9.53 Å². The van der Waals surface area contributed by atoms with Gasteiger partial charge in [0.2, 0.25) is 0 Å². The van der Waals surface area contributed by atoms with Gasteiger partial charge in [0.05, 0.1) is 6.54 Å². The number of nitrogens with one attached hydrogen (secondary N) is 1. The van der Waals surface area contributed by atoms with E-state index in [1.165, 1.54) is 38.5 Å². The molecule has 1 saturated heterocycles. The van der Waals surface area contributed by atoms with Gasteiger partial charge in [-0.1, -0.05) is 12.8 Å². The Labute approximate surface area is 111 Å². The first-order chi connectivity index (χ1) is 8.84. The van der Waals surface area contributed by atoms with E-state index in [2.05, 4.69) is 5.32 Å². The van der Waals surface area contributed by atoms with Crippen LogP contribution in [-0.4, -0.2) is 32.1 Å². The predicted octanol–water partition coefficient (Wildman–Crippen LogP) is 2.54. The maximum absolute atomic E-state index is 11.6. The van der Waals surface area contributed by atoms with Crippen molar-refractivity contribution in [3.05, 3.63) is 0 Å². The van der Waals surface area contributed by atoms with Gasteiger partial charge in [-0.25, -0.2) is 0 Å². The predicted molar refractivity (Wildman–Crippen MR) is 72.6 cm³/mol. The second-order valence-electron chi connectivity index (χ2n) is 5.91. The molecule has 3 heteroatoms. The summed E-state index contributed by atoms with van der Waals surface area (Å²) in [4.78, 5) is 11.6. The average Bonchev–Trinajstić information content (AvgIpc) is 3.20. The highest BCUT2D eigenvalue weighted by Crippen LogP contribution is 2.27. The van der Waals surface area contributed by atoms with Crippen molar-refractivity contribution in [2.45, 2.75) is 51.4 Å². The number of Topliss-reactive ketones (excluding diaryl/α,β-unsaturated/α-hetero) is 1. The van der Waals surface area contributed by atoms with Crippen LogP contribution in [0.4, 0.5) is 0 Å². The maximum atomic E-state index is 11.6. The van der Waals surface area contributed by atoms with Crippen LogP contribution < -0.4 is 5.32 Å². The molecule has 0 aromatic rings. The lowest BCUT2D eigenvalue weighted by molar-refractivity contribution is -0.118. The minimum absolute atomic E-state index is 0.391. The summed E-state index contributed by atoms with van der Waals surface area (Å²) in [5.74, 6) is 2.11. The summed E-state index contributed by atoms with van der Waals surface area (Å²) < 4.78 is 5.35. The average molecular weight is 253 g/mol. The number of ketones is 1. The first kappa shape index (κ1) is 14.0. The molecule has 0 aromatic carbocycles. The van der Waals surface area contributed by atoms with Crippen LogP contribution in [0.15, 0.2) is 0 Å². The van der Waals surface area contributed by atoms with Crippen LogP contribution in [0, 0.1) is 11.8 Å². The van der Waals surface area contributed by atoms with Crippen LogP contribution in [0.25, 0.3) is 0 Å². The Bertz CT molecular complexity index is 245. The van der Waals surface area contributed by atoms with E-state index in [1.807, 2.05) is 0 Å². The molecule has 0 atom stereocenters. The molecular formula is C15H27NO2. The van der Waals surface area contributed by atoms with E-state index in [0.29, 0.717) is 12.3 Å². The van der Waals surface area contributed by atoms with Crippen molar-refractivity contribution >= 4 is 5.78 Å².